The molecule has 1 saturated carbocycles. The zero-order chi connectivity index (χ0) is 21.6. The molecule has 5 nitrogen and oxygen atoms in total. The van der Waals surface area contributed by atoms with Crippen LogP contribution in [0.4, 0.5) is 0 Å². The summed E-state index contributed by atoms with van der Waals surface area (Å²) < 4.78 is 2.05. The van der Waals surface area contributed by atoms with Crippen LogP contribution in [0, 0.1) is 6.92 Å². The summed E-state index contributed by atoms with van der Waals surface area (Å²) in [5.41, 5.74) is 1.94. The number of nitrogens with zero attached hydrogens (tertiary/aromatic N) is 2. The predicted octanol–water partition coefficient (Wildman–Crippen LogP) is 4.87. The average molecular weight is 436 g/mol. The molecule has 0 unspecified atom stereocenters. The molecule has 5 rings (SSSR count). The molecular weight excluding hydrogens is 406 g/mol. The fourth-order valence-corrected chi connectivity index (χ4v) is 5.95. The van der Waals surface area contributed by atoms with Crippen molar-refractivity contribution in [3.63, 3.8) is 0 Å². The fraction of sp³-hybridized carbons (Fsp3) is 0.440. The molecule has 0 bridgehead atoms. The van der Waals surface area contributed by atoms with E-state index in [2.05, 4.69) is 22.9 Å². The SMILES string of the molecule is Cc1ccccc1CN1C(=O)c2cc3ccsc3n2C[C@]1(C)C(=O)NC1CCCCC1. The van der Waals surface area contributed by atoms with Gasteiger partial charge in [-0.15, -0.1) is 11.3 Å². The zero-order valence-electron chi connectivity index (χ0n) is 18.2. The number of aryl methyl sites for hydroxylation is 1. The highest BCUT2D eigenvalue weighted by atomic mass is 32.1. The first-order chi connectivity index (χ1) is 15.0. The van der Waals surface area contributed by atoms with Gasteiger partial charge in [-0.1, -0.05) is 43.5 Å². The molecule has 31 heavy (non-hydrogen) atoms. The lowest BCUT2D eigenvalue weighted by Crippen LogP contribution is -2.64. The molecule has 0 radical (unpaired) electrons. The summed E-state index contributed by atoms with van der Waals surface area (Å²) in [6.45, 7) is 4.90. The summed E-state index contributed by atoms with van der Waals surface area (Å²) in [7, 11) is 0. The van der Waals surface area contributed by atoms with Crippen LogP contribution in [-0.4, -0.2) is 32.9 Å². The standard InChI is InChI=1S/C25H29N3O2S/c1-17-8-6-7-9-19(17)15-28-22(29)21-14-18-12-13-31-23(18)27(21)16-25(28,2)24(30)26-20-10-4-3-5-11-20/h6-9,12-14,20H,3-5,10-11,15-16H2,1-2H3,(H,26,30)/t25-/m1/s1. The van der Waals surface area contributed by atoms with E-state index >= 15 is 0 Å². The number of nitrogens with one attached hydrogen (secondary N) is 1. The second kappa shape index (κ2) is 7.83. The Kier molecular flexibility index (Phi) is 5.13. The van der Waals surface area contributed by atoms with Crippen molar-refractivity contribution in [2.45, 2.75) is 70.6 Å². The van der Waals surface area contributed by atoms with Gasteiger partial charge in [-0.2, -0.15) is 0 Å². The number of hydrogen-bond acceptors (Lipinski definition) is 3. The molecule has 1 N–H and O–H groups in total. The lowest BCUT2D eigenvalue weighted by atomic mass is 9.91. The molecule has 6 heteroatoms. The smallest absolute Gasteiger partial charge is 0.271 e. The lowest BCUT2D eigenvalue weighted by molar-refractivity contribution is -0.134. The quantitative estimate of drug-likeness (QED) is 0.635. The van der Waals surface area contributed by atoms with E-state index in [1.807, 2.05) is 42.6 Å². The first kappa shape index (κ1) is 20.3. The molecule has 2 amide bonds. The van der Waals surface area contributed by atoms with Crippen LogP contribution >= 0.6 is 11.3 Å². The minimum atomic E-state index is -0.945. The van der Waals surface area contributed by atoms with Crippen molar-refractivity contribution in [1.82, 2.24) is 14.8 Å². The van der Waals surface area contributed by atoms with E-state index in [4.69, 9.17) is 0 Å². The molecule has 0 spiro atoms. The Hall–Kier alpha value is -2.60. The molecule has 1 atom stereocenters. The molecule has 162 valence electrons. The zero-order valence-corrected chi connectivity index (χ0v) is 19.0. The summed E-state index contributed by atoms with van der Waals surface area (Å²) in [6.07, 6.45) is 5.61. The van der Waals surface area contributed by atoms with Gasteiger partial charge in [0.1, 0.15) is 16.1 Å². The van der Waals surface area contributed by atoms with Gasteiger partial charge in [-0.25, -0.2) is 0 Å². The molecule has 0 saturated heterocycles. The Labute approximate surface area is 187 Å². The number of carbonyl (C=O) groups excluding carboxylic acids is 2. The summed E-state index contributed by atoms with van der Waals surface area (Å²) in [4.78, 5) is 30.3. The molecule has 2 aromatic heterocycles. The number of benzene rings is 1. The Morgan fingerprint density at radius 3 is 2.74 bits per heavy atom. The third-order valence-electron chi connectivity index (χ3n) is 7.05. The number of hydrogen-bond donors (Lipinski definition) is 1. The van der Waals surface area contributed by atoms with E-state index in [-0.39, 0.29) is 17.9 Å². The number of fused-ring (bicyclic) bond motifs is 3. The average Bonchev–Trinajstić information content (AvgIpc) is 3.35. The van der Waals surface area contributed by atoms with Crippen molar-refractivity contribution in [1.29, 1.82) is 0 Å². The second-order valence-electron chi connectivity index (χ2n) is 9.20. The first-order valence-electron chi connectivity index (χ1n) is 11.2. The molecular formula is C25H29N3O2S. The third-order valence-corrected chi connectivity index (χ3v) is 8.00. The number of carbonyl (C=O) groups is 2. The Bertz CT molecular complexity index is 1140. The highest BCUT2D eigenvalue weighted by Gasteiger charge is 2.48. The van der Waals surface area contributed by atoms with Crippen LogP contribution < -0.4 is 5.32 Å². The second-order valence-corrected chi connectivity index (χ2v) is 10.1. The number of amides is 2. The molecule has 1 aliphatic heterocycles. The fourth-order valence-electron chi connectivity index (χ4n) is 5.05. The van der Waals surface area contributed by atoms with Gasteiger partial charge in [0, 0.05) is 18.0 Å². The van der Waals surface area contributed by atoms with E-state index in [0.717, 1.165) is 47.0 Å². The van der Waals surface area contributed by atoms with Crippen LogP contribution in [0.2, 0.25) is 0 Å². The maximum atomic E-state index is 13.7. The molecule has 2 aliphatic rings. The van der Waals surface area contributed by atoms with Crippen molar-refractivity contribution in [3.05, 3.63) is 58.6 Å². The summed E-state index contributed by atoms with van der Waals surface area (Å²) in [5, 5.41) is 6.42. The predicted molar refractivity (Wildman–Crippen MR) is 124 cm³/mol. The molecule has 3 aromatic rings. The van der Waals surface area contributed by atoms with Gasteiger partial charge in [0.2, 0.25) is 5.91 Å². The van der Waals surface area contributed by atoms with Crippen molar-refractivity contribution < 1.29 is 9.59 Å². The topological polar surface area (TPSA) is 54.3 Å². The van der Waals surface area contributed by atoms with E-state index in [1.54, 1.807) is 16.2 Å². The number of aromatic nitrogens is 1. The first-order valence-corrected chi connectivity index (χ1v) is 12.1. The largest absolute Gasteiger partial charge is 0.351 e. The van der Waals surface area contributed by atoms with Gasteiger partial charge in [0.25, 0.3) is 5.91 Å². The van der Waals surface area contributed by atoms with Crippen LogP contribution in [-0.2, 0) is 17.9 Å². The number of thiophene rings is 1. The minimum Gasteiger partial charge on any atom is -0.351 e. The molecule has 1 aromatic carbocycles. The van der Waals surface area contributed by atoms with E-state index in [0.29, 0.717) is 18.8 Å². The van der Waals surface area contributed by atoms with Gasteiger partial charge < -0.3 is 14.8 Å². The Balaban J connectivity index is 1.54. The van der Waals surface area contributed by atoms with Crippen molar-refractivity contribution in [2.75, 3.05) is 0 Å². The van der Waals surface area contributed by atoms with Crippen LogP contribution in [0.15, 0.2) is 41.8 Å². The normalized spacial score (nSPS) is 22.0. The van der Waals surface area contributed by atoms with Gasteiger partial charge in [0.15, 0.2) is 0 Å². The molecule has 3 heterocycles. The maximum absolute atomic E-state index is 13.7. The van der Waals surface area contributed by atoms with Crippen molar-refractivity contribution in [3.8, 4) is 0 Å². The van der Waals surface area contributed by atoms with E-state index in [1.165, 1.54) is 6.42 Å². The highest BCUT2D eigenvalue weighted by Crippen LogP contribution is 2.36. The maximum Gasteiger partial charge on any atom is 0.271 e. The van der Waals surface area contributed by atoms with Gasteiger partial charge in [0.05, 0.1) is 6.54 Å². The third kappa shape index (κ3) is 3.47. The van der Waals surface area contributed by atoms with Gasteiger partial charge >= 0.3 is 0 Å². The minimum absolute atomic E-state index is 0.0367. The van der Waals surface area contributed by atoms with E-state index in [9.17, 15) is 9.59 Å². The highest BCUT2D eigenvalue weighted by molar-refractivity contribution is 7.16. The Morgan fingerprint density at radius 2 is 1.97 bits per heavy atom. The van der Waals surface area contributed by atoms with Crippen molar-refractivity contribution >= 4 is 33.4 Å². The van der Waals surface area contributed by atoms with Crippen LogP contribution in [0.25, 0.3) is 10.2 Å². The Morgan fingerprint density at radius 1 is 1.19 bits per heavy atom. The summed E-state index contributed by atoms with van der Waals surface area (Å²) in [5.74, 6) is -0.107. The monoisotopic (exact) mass is 435 g/mol. The van der Waals surface area contributed by atoms with Crippen molar-refractivity contribution in [2.24, 2.45) is 0 Å². The summed E-state index contributed by atoms with van der Waals surface area (Å²) >= 11 is 1.63. The molecule has 1 aliphatic carbocycles. The van der Waals surface area contributed by atoms with Gasteiger partial charge in [-0.05, 0) is 55.3 Å². The number of rotatable bonds is 4. The molecule has 1 fully saturated rings. The van der Waals surface area contributed by atoms with Gasteiger partial charge in [-0.3, -0.25) is 9.59 Å². The summed E-state index contributed by atoms with van der Waals surface area (Å²) in [6, 6.07) is 12.3. The lowest BCUT2D eigenvalue weighted by Gasteiger charge is -2.45. The van der Waals surface area contributed by atoms with Crippen LogP contribution in [0.3, 0.4) is 0 Å². The van der Waals surface area contributed by atoms with Crippen LogP contribution in [0.1, 0.15) is 60.6 Å². The van der Waals surface area contributed by atoms with Crippen LogP contribution in [0.5, 0.6) is 0 Å². The van der Waals surface area contributed by atoms with E-state index < -0.39 is 5.54 Å².